The van der Waals surface area contributed by atoms with E-state index in [9.17, 15) is 19.5 Å². The molecule has 174 valence electrons. The third-order valence-corrected chi connectivity index (χ3v) is 4.72. The van der Waals surface area contributed by atoms with Crippen molar-refractivity contribution in [2.24, 2.45) is 0 Å². The zero-order valence-electron chi connectivity index (χ0n) is 19.6. The highest BCUT2D eigenvalue weighted by atomic mass is 16.6. The molecule has 3 atom stereocenters. The first kappa shape index (κ1) is 26.6. The van der Waals surface area contributed by atoms with Crippen LogP contribution in [0.15, 0.2) is 30.3 Å². The Labute approximate surface area is 185 Å². The van der Waals surface area contributed by atoms with Gasteiger partial charge in [0.2, 0.25) is 5.91 Å². The topological polar surface area (TPSA) is 96.4 Å². The smallest absolute Gasteiger partial charge is 0.327 e. The highest BCUT2D eigenvalue weighted by molar-refractivity contribution is 5.96. The molecule has 0 bridgehead atoms. The number of nitrogens with zero attached hydrogens (tertiary/aromatic N) is 2. The van der Waals surface area contributed by atoms with Crippen LogP contribution < -0.4 is 0 Å². The fourth-order valence-electron chi connectivity index (χ4n) is 3.01. The fraction of sp³-hybridized carbons (Fsp3) is 0.609. The summed E-state index contributed by atoms with van der Waals surface area (Å²) in [5, 5.41) is 10.7. The third kappa shape index (κ3) is 8.67. The average Bonchev–Trinajstić information content (AvgIpc) is 2.68. The minimum Gasteiger partial charge on any atom is -0.459 e. The number of ether oxygens (including phenoxy) is 2. The first-order valence-corrected chi connectivity index (χ1v) is 10.5. The van der Waals surface area contributed by atoms with Gasteiger partial charge in [0.05, 0.1) is 24.8 Å². The molecule has 8 heteroatoms. The van der Waals surface area contributed by atoms with E-state index in [2.05, 4.69) is 0 Å². The molecule has 0 spiro atoms. The number of hydrogen-bond donors (Lipinski definition) is 1. The van der Waals surface area contributed by atoms with Crippen molar-refractivity contribution >= 4 is 17.9 Å². The number of urea groups is 1. The van der Waals surface area contributed by atoms with Crippen LogP contribution in [0.1, 0.15) is 60.1 Å². The molecular weight excluding hydrogens is 400 g/mol. The number of aliphatic hydroxyl groups excluding tert-OH is 1. The van der Waals surface area contributed by atoms with Gasteiger partial charge >= 0.3 is 12.0 Å². The molecule has 1 aromatic carbocycles. The Morgan fingerprint density at radius 3 is 2.16 bits per heavy atom. The summed E-state index contributed by atoms with van der Waals surface area (Å²) < 4.78 is 10.9. The van der Waals surface area contributed by atoms with Crippen LogP contribution in [-0.2, 0) is 19.1 Å². The van der Waals surface area contributed by atoms with Gasteiger partial charge in [-0.1, -0.05) is 30.3 Å². The normalized spacial score (nSPS) is 14.3. The molecule has 0 aromatic heterocycles. The summed E-state index contributed by atoms with van der Waals surface area (Å²) in [6, 6.07) is 7.78. The predicted octanol–water partition coefficient (Wildman–Crippen LogP) is 3.15. The molecule has 0 aliphatic heterocycles. The molecule has 0 radical (unpaired) electrons. The summed E-state index contributed by atoms with van der Waals surface area (Å²) in [7, 11) is 0. The molecule has 0 saturated heterocycles. The summed E-state index contributed by atoms with van der Waals surface area (Å²) in [4.78, 5) is 40.1. The van der Waals surface area contributed by atoms with E-state index in [1.165, 1.54) is 11.8 Å². The molecule has 1 rings (SSSR count). The molecule has 2 unspecified atom stereocenters. The number of aliphatic hydroxyl groups is 1. The second kappa shape index (κ2) is 11.8. The van der Waals surface area contributed by atoms with Crippen molar-refractivity contribution in [1.82, 2.24) is 9.80 Å². The van der Waals surface area contributed by atoms with Crippen molar-refractivity contribution in [3.8, 4) is 0 Å². The molecule has 3 amide bonds. The standard InChI is InChI=1S/C23H36N2O6/c1-8-30-17(3)16(2)24(14-20(27)19-12-10-9-11-13-19)22(29)25(18(4)26)15-21(28)31-23(5,6)7/h9-13,16-17,20,27H,8,14-15H2,1-7H3/t16-,17?,20?/m0/s1. The second-order valence-electron chi connectivity index (χ2n) is 8.45. The number of hydrogen-bond acceptors (Lipinski definition) is 6. The molecule has 1 aromatic rings. The maximum absolute atomic E-state index is 13.4. The van der Waals surface area contributed by atoms with Crippen LogP contribution in [0.2, 0.25) is 0 Å². The highest BCUT2D eigenvalue weighted by Crippen LogP contribution is 2.19. The number of carbonyl (C=O) groups is 3. The Balaban J connectivity index is 3.16. The van der Waals surface area contributed by atoms with E-state index in [-0.39, 0.29) is 12.6 Å². The van der Waals surface area contributed by atoms with Crippen LogP contribution in [0.5, 0.6) is 0 Å². The molecule has 1 N–H and O–H groups in total. The van der Waals surface area contributed by atoms with Gasteiger partial charge in [0.25, 0.3) is 0 Å². The summed E-state index contributed by atoms with van der Waals surface area (Å²) in [5.41, 5.74) is -0.110. The van der Waals surface area contributed by atoms with E-state index in [4.69, 9.17) is 9.47 Å². The summed E-state index contributed by atoms with van der Waals surface area (Å²) in [6.07, 6.45) is -1.33. The molecule has 0 aliphatic rings. The van der Waals surface area contributed by atoms with E-state index in [1.807, 2.05) is 19.9 Å². The van der Waals surface area contributed by atoms with Crippen LogP contribution in [0.25, 0.3) is 0 Å². The van der Waals surface area contributed by atoms with Gasteiger partial charge in [0.15, 0.2) is 0 Å². The largest absolute Gasteiger partial charge is 0.459 e. The van der Waals surface area contributed by atoms with E-state index >= 15 is 0 Å². The van der Waals surface area contributed by atoms with Crippen molar-refractivity contribution in [2.75, 3.05) is 19.7 Å². The Morgan fingerprint density at radius 2 is 1.68 bits per heavy atom. The van der Waals surface area contributed by atoms with Crippen molar-refractivity contribution in [3.05, 3.63) is 35.9 Å². The van der Waals surface area contributed by atoms with Gasteiger partial charge in [-0.15, -0.1) is 0 Å². The van der Waals surface area contributed by atoms with Crippen molar-refractivity contribution < 1.29 is 29.0 Å². The van der Waals surface area contributed by atoms with Crippen LogP contribution in [0.3, 0.4) is 0 Å². The minimum atomic E-state index is -0.975. The highest BCUT2D eigenvalue weighted by Gasteiger charge is 2.34. The van der Waals surface area contributed by atoms with Crippen LogP contribution in [0, 0.1) is 0 Å². The summed E-state index contributed by atoms with van der Waals surface area (Å²) in [5.74, 6) is -1.28. The SMILES string of the molecule is CCOC(C)[C@H](C)N(CC(O)c1ccccc1)C(=O)N(CC(=O)OC(C)(C)C)C(C)=O. The van der Waals surface area contributed by atoms with E-state index in [0.29, 0.717) is 12.2 Å². The van der Waals surface area contributed by atoms with Gasteiger partial charge in [-0.2, -0.15) is 0 Å². The van der Waals surface area contributed by atoms with Crippen LogP contribution in [0.4, 0.5) is 4.79 Å². The number of benzene rings is 1. The van der Waals surface area contributed by atoms with Gasteiger partial charge in [0, 0.05) is 13.5 Å². The van der Waals surface area contributed by atoms with E-state index in [1.54, 1.807) is 52.0 Å². The predicted molar refractivity (Wildman–Crippen MR) is 117 cm³/mol. The third-order valence-electron chi connectivity index (χ3n) is 4.72. The number of rotatable bonds is 9. The number of esters is 1. The molecule has 0 heterocycles. The zero-order chi connectivity index (χ0) is 23.8. The van der Waals surface area contributed by atoms with Gasteiger partial charge in [-0.25, -0.2) is 4.79 Å². The number of imide groups is 1. The molecule has 31 heavy (non-hydrogen) atoms. The lowest BCUT2D eigenvalue weighted by Gasteiger charge is -2.37. The fourth-order valence-corrected chi connectivity index (χ4v) is 3.01. The lowest BCUT2D eigenvalue weighted by molar-refractivity contribution is -0.157. The van der Waals surface area contributed by atoms with E-state index < -0.39 is 42.2 Å². The molecule has 0 aliphatic carbocycles. The minimum absolute atomic E-state index is 0.0699. The maximum atomic E-state index is 13.4. The first-order chi connectivity index (χ1) is 14.4. The molecular formula is C23H36N2O6. The first-order valence-electron chi connectivity index (χ1n) is 10.5. The Morgan fingerprint density at radius 1 is 1.10 bits per heavy atom. The van der Waals surface area contributed by atoms with Crippen molar-refractivity contribution in [3.63, 3.8) is 0 Å². The van der Waals surface area contributed by atoms with Gasteiger partial charge in [-0.3, -0.25) is 14.5 Å². The lowest BCUT2D eigenvalue weighted by atomic mass is 10.1. The Bertz CT molecular complexity index is 731. The Hall–Kier alpha value is -2.45. The van der Waals surface area contributed by atoms with E-state index in [0.717, 1.165) is 4.90 Å². The quantitative estimate of drug-likeness (QED) is 0.598. The summed E-state index contributed by atoms with van der Waals surface area (Å²) >= 11 is 0. The summed E-state index contributed by atoms with van der Waals surface area (Å²) in [6.45, 7) is 11.6. The zero-order valence-corrected chi connectivity index (χ0v) is 19.6. The maximum Gasteiger partial charge on any atom is 0.327 e. The van der Waals surface area contributed by atoms with Crippen LogP contribution >= 0.6 is 0 Å². The monoisotopic (exact) mass is 436 g/mol. The van der Waals surface area contributed by atoms with Crippen molar-refractivity contribution in [1.29, 1.82) is 0 Å². The van der Waals surface area contributed by atoms with Crippen LogP contribution in [-0.4, -0.2) is 70.3 Å². The van der Waals surface area contributed by atoms with Gasteiger partial charge in [-0.05, 0) is 47.1 Å². The van der Waals surface area contributed by atoms with Gasteiger partial charge in [0.1, 0.15) is 12.1 Å². The van der Waals surface area contributed by atoms with Crippen molar-refractivity contribution in [2.45, 2.75) is 72.3 Å². The number of amides is 3. The molecule has 8 nitrogen and oxygen atoms in total. The average molecular weight is 437 g/mol. The van der Waals surface area contributed by atoms with Gasteiger partial charge < -0.3 is 19.5 Å². The lowest BCUT2D eigenvalue weighted by Crippen LogP contribution is -2.54. The number of carbonyl (C=O) groups excluding carboxylic acids is 3. The Kier molecular flexibility index (Phi) is 10.1. The molecule has 0 saturated carbocycles. The second-order valence-corrected chi connectivity index (χ2v) is 8.45. The molecule has 0 fully saturated rings.